The number of hydrogen-bond acceptors (Lipinski definition) is 2. The van der Waals surface area contributed by atoms with E-state index in [1.165, 1.54) is 5.56 Å². The van der Waals surface area contributed by atoms with Crippen molar-refractivity contribution in [2.45, 2.75) is 6.54 Å². The molecular weight excluding hydrogens is 286 g/mol. The molecule has 3 aromatic rings. The molecule has 4 heteroatoms. The van der Waals surface area contributed by atoms with E-state index in [1.807, 2.05) is 59.4 Å². The van der Waals surface area contributed by atoms with Crippen LogP contribution in [0.25, 0.3) is 11.6 Å². The van der Waals surface area contributed by atoms with Gasteiger partial charge in [0.2, 0.25) is 0 Å². The van der Waals surface area contributed by atoms with Gasteiger partial charge in [0.1, 0.15) is 0 Å². The van der Waals surface area contributed by atoms with E-state index in [9.17, 15) is 4.79 Å². The molecule has 0 bridgehead atoms. The third-order valence-corrected chi connectivity index (χ3v) is 3.86. The van der Waals surface area contributed by atoms with Crippen LogP contribution in [-0.4, -0.2) is 15.7 Å². The Labute approximate surface area is 134 Å². The van der Waals surface area contributed by atoms with Crippen molar-refractivity contribution in [3.8, 4) is 0 Å². The molecule has 0 unspecified atom stereocenters. The van der Waals surface area contributed by atoms with E-state index < -0.39 is 0 Å². The summed E-state index contributed by atoms with van der Waals surface area (Å²) in [6.07, 6.45) is 5.62. The lowest BCUT2D eigenvalue weighted by atomic mass is 10.1. The minimum Gasteiger partial charge on any atom is -0.321 e. The predicted octanol–water partition coefficient (Wildman–Crippen LogP) is 3.42. The van der Waals surface area contributed by atoms with Gasteiger partial charge in [0.15, 0.2) is 0 Å². The van der Waals surface area contributed by atoms with Crippen LogP contribution in [0.4, 0.5) is 5.69 Å². The minimum absolute atomic E-state index is 0.0676. The molecule has 0 spiro atoms. The number of benzene rings is 2. The van der Waals surface area contributed by atoms with E-state index in [-0.39, 0.29) is 5.91 Å². The highest BCUT2D eigenvalue weighted by Crippen LogP contribution is 2.32. The maximum atomic E-state index is 12.1. The molecule has 1 N–H and O–H groups in total. The lowest BCUT2D eigenvalue weighted by Gasteiger charge is -2.00. The normalized spacial score (nSPS) is 14.8. The molecule has 23 heavy (non-hydrogen) atoms. The van der Waals surface area contributed by atoms with Crippen molar-refractivity contribution >= 4 is 23.2 Å². The van der Waals surface area contributed by atoms with Crippen molar-refractivity contribution < 1.29 is 4.79 Å². The van der Waals surface area contributed by atoms with Crippen molar-refractivity contribution in [3.63, 3.8) is 0 Å². The number of nitrogens with zero attached hydrogens (tertiary/aromatic N) is 2. The van der Waals surface area contributed by atoms with Crippen molar-refractivity contribution in [1.29, 1.82) is 0 Å². The highest BCUT2D eigenvalue weighted by atomic mass is 16.2. The average molecular weight is 301 g/mol. The first kappa shape index (κ1) is 13.5. The number of aromatic nitrogens is 2. The van der Waals surface area contributed by atoms with E-state index in [0.717, 1.165) is 16.8 Å². The fourth-order valence-electron chi connectivity index (χ4n) is 2.76. The van der Waals surface area contributed by atoms with Crippen LogP contribution in [0, 0.1) is 0 Å². The maximum Gasteiger partial charge on any atom is 0.256 e. The van der Waals surface area contributed by atoms with Gasteiger partial charge in [-0.3, -0.25) is 9.48 Å². The first-order valence-corrected chi connectivity index (χ1v) is 7.48. The van der Waals surface area contributed by atoms with Gasteiger partial charge < -0.3 is 5.32 Å². The second-order valence-corrected chi connectivity index (χ2v) is 5.51. The van der Waals surface area contributed by atoms with Gasteiger partial charge in [0.25, 0.3) is 5.91 Å². The number of nitrogens with one attached hydrogen (secondary N) is 1. The lowest BCUT2D eigenvalue weighted by Crippen LogP contribution is -2.03. The number of carbonyl (C=O) groups excluding carboxylic acids is 1. The van der Waals surface area contributed by atoms with Crippen LogP contribution >= 0.6 is 0 Å². The fourth-order valence-corrected chi connectivity index (χ4v) is 2.76. The number of anilines is 1. The third-order valence-electron chi connectivity index (χ3n) is 3.86. The summed E-state index contributed by atoms with van der Waals surface area (Å²) in [5.74, 6) is -0.0676. The van der Waals surface area contributed by atoms with Crippen molar-refractivity contribution in [2.75, 3.05) is 5.32 Å². The van der Waals surface area contributed by atoms with Crippen LogP contribution in [0.3, 0.4) is 0 Å². The summed E-state index contributed by atoms with van der Waals surface area (Å²) in [6, 6.07) is 17.9. The molecule has 0 aliphatic carbocycles. The molecule has 2 heterocycles. The van der Waals surface area contributed by atoms with Crippen molar-refractivity contribution in [3.05, 3.63) is 83.7 Å². The van der Waals surface area contributed by atoms with Crippen LogP contribution < -0.4 is 5.32 Å². The topological polar surface area (TPSA) is 46.9 Å². The van der Waals surface area contributed by atoms with Gasteiger partial charge in [-0.05, 0) is 17.7 Å². The van der Waals surface area contributed by atoms with Gasteiger partial charge >= 0.3 is 0 Å². The predicted molar refractivity (Wildman–Crippen MR) is 90.7 cm³/mol. The molecule has 0 radical (unpaired) electrons. The summed E-state index contributed by atoms with van der Waals surface area (Å²) in [4.78, 5) is 12.1. The van der Waals surface area contributed by atoms with Crippen molar-refractivity contribution in [1.82, 2.24) is 9.78 Å². The highest BCUT2D eigenvalue weighted by Gasteiger charge is 2.23. The molecule has 4 nitrogen and oxygen atoms in total. The molecule has 1 aliphatic rings. The van der Waals surface area contributed by atoms with Crippen LogP contribution in [0.1, 0.15) is 16.7 Å². The zero-order valence-corrected chi connectivity index (χ0v) is 12.4. The summed E-state index contributed by atoms with van der Waals surface area (Å²) < 4.78 is 1.88. The zero-order chi connectivity index (χ0) is 15.6. The first-order valence-electron chi connectivity index (χ1n) is 7.48. The monoisotopic (exact) mass is 301 g/mol. The van der Waals surface area contributed by atoms with Gasteiger partial charge in [0, 0.05) is 28.6 Å². The molecule has 0 saturated heterocycles. The Hall–Kier alpha value is -3.14. The quantitative estimate of drug-likeness (QED) is 0.753. The number of hydrogen-bond donors (Lipinski definition) is 1. The van der Waals surface area contributed by atoms with Crippen LogP contribution in [0.15, 0.2) is 67.0 Å². The highest BCUT2D eigenvalue weighted by molar-refractivity contribution is 6.34. The summed E-state index contributed by atoms with van der Waals surface area (Å²) >= 11 is 0. The second-order valence-electron chi connectivity index (χ2n) is 5.51. The van der Waals surface area contributed by atoms with Crippen LogP contribution in [-0.2, 0) is 11.3 Å². The Kier molecular flexibility index (Phi) is 3.27. The number of carbonyl (C=O) groups is 1. The van der Waals surface area contributed by atoms with Gasteiger partial charge in [-0.25, -0.2) is 0 Å². The third kappa shape index (κ3) is 2.66. The first-order chi connectivity index (χ1) is 11.3. The maximum absolute atomic E-state index is 12.1. The summed E-state index contributed by atoms with van der Waals surface area (Å²) in [7, 11) is 0. The number of fused-ring (bicyclic) bond motifs is 1. The van der Waals surface area contributed by atoms with E-state index in [0.29, 0.717) is 12.1 Å². The Bertz CT molecular complexity index is 894. The SMILES string of the molecule is O=C1Nc2ccccc2/C1=C\c1cnn(Cc2ccccc2)c1. The molecule has 0 saturated carbocycles. The Morgan fingerprint density at radius 3 is 2.70 bits per heavy atom. The van der Waals surface area contributed by atoms with Crippen LogP contribution in [0.5, 0.6) is 0 Å². The Balaban J connectivity index is 1.61. The van der Waals surface area contributed by atoms with Crippen molar-refractivity contribution in [2.24, 2.45) is 0 Å². The molecule has 0 atom stereocenters. The molecule has 4 rings (SSSR count). The van der Waals surface area contributed by atoms with E-state index in [1.54, 1.807) is 6.20 Å². The molecular formula is C19H15N3O. The van der Waals surface area contributed by atoms with Crippen LogP contribution in [0.2, 0.25) is 0 Å². The largest absolute Gasteiger partial charge is 0.321 e. The molecule has 1 aliphatic heterocycles. The van der Waals surface area contributed by atoms with Gasteiger partial charge in [-0.15, -0.1) is 0 Å². The number of rotatable bonds is 3. The minimum atomic E-state index is -0.0676. The number of amides is 1. The average Bonchev–Trinajstić information content (AvgIpc) is 3.14. The smallest absolute Gasteiger partial charge is 0.256 e. The van der Waals surface area contributed by atoms with Gasteiger partial charge in [0.05, 0.1) is 12.7 Å². The molecule has 112 valence electrons. The van der Waals surface area contributed by atoms with E-state index >= 15 is 0 Å². The summed E-state index contributed by atoms with van der Waals surface area (Å²) in [5.41, 5.74) is 4.59. The second kappa shape index (κ2) is 5.57. The Morgan fingerprint density at radius 2 is 1.83 bits per heavy atom. The zero-order valence-electron chi connectivity index (χ0n) is 12.4. The Morgan fingerprint density at radius 1 is 1.04 bits per heavy atom. The fraction of sp³-hybridized carbons (Fsp3) is 0.0526. The van der Waals surface area contributed by atoms with Gasteiger partial charge in [-0.1, -0.05) is 48.5 Å². The van der Waals surface area contributed by atoms with E-state index in [2.05, 4.69) is 22.5 Å². The molecule has 2 aromatic carbocycles. The summed E-state index contributed by atoms with van der Waals surface area (Å²) in [6.45, 7) is 0.715. The number of para-hydroxylation sites is 1. The molecule has 1 aromatic heterocycles. The lowest BCUT2D eigenvalue weighted by molar-refractivity contribution is -0.110. The standard InChI is InChI=1S/C19H15N3O/c23-19-17(16-8-4-5-9-18(16)21-19)10-15-11-20-22(13-15)12-14-6-2-1-3-7-14/h1-11,13H,12H2,(H,21,23)/b17-10+. The van der Waals surface area contributed by atoms with E-state index in [4.69, 9.17) is 0 Å². The molecule has 1 amide bonds. The van der Waals surface area contributed by atoms with Gasteiger partial charge in [-0.2, -0.15) is 5.10 Å². The summed E-state index contributed by atoms with van der Waals surface area (Å²) in [5, 5.41) is 7.25. The molecule has 0 fully saturated rings.